The highest BCUT2D eigenvalue weighted by atomic mass is 19.1. The first-order chi connectivity index (χ1) is 9.58. The molecule has 110 valence electrons. The number of rotatable bonds is 5. The minimum Gasteiger partial charge on any atom is -0.481 e. The fourth-order valence-electron chi connectivity index (χ4n) is 2.85. The first kappa shape index (κ1) is 14.9. The molecular weight excluding hydrogens is 259 g/mol. The van der Waals surface area contributed by atoms with Crippen molar-refractivity contribution in [3.8, 4) is 0 Å². The van der Waals surface area contributed by atoms with Crippen LogP contribution in [0.3, 0.4) is 0 Å². The molecule has 1 fully saturated rings. The molecule has 20 heavy (non-hydrogen) atoms. The summed E-state index contributed by atoms with van der Waals surface area (Å²) in [4.78, 5) is 15.3. The molecule has 0 amide bonds. The molecule has 1 heterocycles. The normalized spacial score (nSPS) is 24.3. The van der Waals surface area contributed by atoms with E-state index in [-0.39, 0.29) is 23.7 Å². The van der Waals surface area contributed by atoms with Gasteiger partial charge in [-0.1, -0.05) is 12.8 Å². The average Bonchev–Trinajstić information content (AvgIpc) is 2.45. The standard InChI is InChI=1S/C15H21FN2O2/c1-10(14-7-6-12(16)9-18-14)17-8-11-4-2-3-5-13(11)15(19)20/h6-7,9-11,13,17H,2-5,8H2,1H3,(H,19,20). The number of nitrogens with zero attached hydrogens (tertiary/aromatic N) is 1. The maximum atomic E-state index is 12.8. The number of carboxylic acids is 1. The quantitative estimate of drug-likeness (QED) is 0.870. The average molecular weight is 280 g/mol. The Morgan fingerprint density at radius 3 is 2.90 bits per heavy atom. The topological polar surface area (TPSA) is 62.2 Å². The highest BCUT2D eigenvalue weighted by Crippen LogP contribution is 2.30. The summed E-state index contributed by atoms with van der Waals surface area (Å²) in [5.74, 6) is -1.11. The van der Waals surface area contributed by atoms with Crippen LogP contribution in [0.1, 0.15) is 44.3 Å². The van der Waals surface area contributed by atoms with Gasteiger partial charge in [0.15, 0.2) is 0 Å². The number of aromatic nitrogens is 1. The van der Waals surface area contributed by atoms with Crippen molar-refractivity contribution in [3.63, 3.8) is 0 Å². The smallest absolute Gasteiger partial charge is 0.306 e. The van der Waals surface area contributed by atoms with E-state index < -0.39 is 5.97 Å². The highest BCUT2D eigenvalue weighted by Gasteiger charge is 2.30. The molecule has 0 radical (unpaired) electrons. The number of carbonyl (C=O) groups is 1. The van der Waals surface area contributed by atoms with Crippen molar-refractivity contribution in [3.05, 3.63) is 29.8 Å². The van der Waals surface area contributed by atoms with Crippen molar-refractivity contribution in [2.45, 2.75) is 38.6 Å². The van der Waals surface area contributed by atoms with E-state index in [1.54, 1.807) is 6.07 Å². The van der Waals surface area contributed by atoms with Gasteiger partial charge in [0.25, 0.3) is 0 Å². The summed E-state index contributed by atoms with van der Waals surface area (Å²) in [5, 5.41) is 12.6. The molecule has 4 nitrogen and oxygen atoms in total. The first-order valence-electron chi connectivity index (χ1n) is 7.15. The highest BCUT2D eigenvalue weighted by molar-refractivity contribution is 5.70. The van der Waals surface area contributed by atoms with Gasteiger partial charge in [0.1, 0.15) is 5.82 Å². The van der Waals surface area contributed by atoms with Crippen LogP contribution in [0.4, 0.5) is 4.39 Å². The lowest BCUT2D eigenvalue weighted by molar-refractivity contribution is -0.144. The lowest BCUT2D eigenvalue weighted by Gasteiger charge is -2.29. The van der Waals surface area contributed by atoms with E-state index in [1.807, 2.05) is 6.92 Å². The molecule has 1 aliphatic rings. The molecule has 0 saturated heterocycles. The largest absolute Gasteiger partial charge is 0.481 e. The minimum absolute atomic E-state index is 0.00743. The Morgan fingerprint density at radius 1 is 1.50 bits per heavy atom. The monoisotopic (exact) mass is 280 g/mol. The van der Waals surface area contributed by atoms with Crippen LogP contribution >= 0.6 is 0 Å². The molecule has 1 saturated carbocycles. The molecule has 3 atom stereocenters. The molecule has 1 aliphatic carbocycles. The van der Waals surface area contributed by atoms with Crippen LogP contribution in [0.15, 0.2) is 18.3 Å². The summed E-state index contributed by atoms with van der Waals surface area (Å²) in [6.45, 7) is 2.62. The summed E-state index contributed by atoms with van der Waals surface area (Å²) in [5.41, 5.74) is 0.772. The van der Waals surface area contributed by atoms with Gasteiger partial charge in [-0.2, -0.15) is 0 Å². The van der Waals surface area contributed by atoms with Gasteiger partial charge >= 0.3 is 5.97 Å². The second kappa shape index (κ2) is 6.79. The molecular formula is C15H21FN2O2. The van der Waals surface area contributed by atoms with Gasteiger partial charge < -0.3 is 10.4 Å². The molecule has 0 spiro atoms. The first-order valence-corrected chi connectivity index (χ1v) is 7.15. The molecule has 0 aliphatic heterocycles. The van der Waals surface area contributed by atoms with E-state index in [1.165, 1.54) is 12.3 Å². The van der Waals surface area contributed by atoms with E-state index in [0.717, 1.165) is 31.4 Å². The van der Waals surface area contributed by atoms with Crippen molar-refractivity contribution < 1.29 is 14.3 Å². The Bertz CT molecular complexity index is 450. The number of pyridine rings is 1. The lowest BCUT2D eigenvalue weighted by Crippen LogP contribution is -2.35. The summed E-state index contributed by atoms with van der Waals surface area (Å²) < 4.78 is 12.8. The fourth-order valence-corrected chi connectivity index (χ4v) is 2.85. The summed E-state index contributed by atoms with van der Waals surface area (Å²) in [6.07, 6.45) is 5.02. The molecule has 0 bridgehead atoms. The van der Waals surface area contributed by atoms with Crippen LogP contribution in [0.25, 0.3) is 0 Å². The zero-order valence-corrected chi connectivity index (χ0v) is 11.7. The van der Waals surface area contributed by atoms with Gasteiger partial charge in [-0.05, 0) is 44.4 Å². The predicted octanol–water partition coefficient (Wildman–Crippen LogP) is 2.76. The SMILES string of the molecule is CC(NCC1CCCCC1C(=O)O)c1ccc(F)cn1. The van der Waals surface area contributed by atoms with Gasteiger partial charge in [-0.15, -0.1) is 0 Å². The molecule has 0 aromatic carbocycles. The van der Waals surface area contributed by atoms with Crippen molar-refractivity contribution in [2.75, 3.05) is 6.54 Å². The third-order valence-electron chi connectivity index (χ3n) is 4.11. The zero-order chi connectivity index (χ0) is 14.5. The molecule has 1 aromatic rings. The van der Waals surface area contributed by atoms with E-state index in [2.05, 4.69) is 10.3 Å². The number of hydrogen-bond donors (Lipinski definition) is 2. The third-order valence-corrected chi connectivity index (χ3v) is 4.11. The second-order valence-corrected chi connectivity index (χ2v) is 5.52. The van der Waals surface area contributed by atoms with Crippen molar-refractivity contribution in [1.82, 2.24) is 10.3 Å². The number of carboxylic acid groups (broad SMARTS) is 1. The van der Waals surface area contributed by atoms with Gasteiger partial charge in [-0.25, -0.2) is 4.39 Å². The third kappa shape index (κ3) is 3.76. The number of nitrogens with one attached hydrogen (secondary N) is 1. The Labute approximate surface area is 118 Å². The summed E-state index contributed by atoms with van der Waals surface area (Å²) >= 11 is 0. The van der Waals surface area contributed by atoms with Crippen molar-refractivity contribution in [2.24, 2.45) is 11.8 Å². The van der Waals surface area contributed by atoms with Crippen molar-refractivity contribution in [1.29, 1.82) is 0 Å². The Morgan fingerprint density at radius 2 is 2.25 bits per heavy atom. The van der Waals surface area contributed by atoms with Crippen LogP contribution in [-0.2, 0) is 4.79 Å². The van der Waals surface area contributed by atoms with E-state index in [4.69, 9.17) is 0 Å². The molecule has 2 rings (SSSR count). The van der Waals surface area contributed by atoms with E-state index >= 15 is 0 Å². The van der Waals surface area contributed by atoms with Crippen molar-refractivity contribution >= 4 is 5.97 Å². The zero-order valence-electron chi connectivity index (χ0n) is 11.7. The maximum Gasteiger partial charge on any atom is 0.306 e. The number of hydrogen-bond acceptors (Lipinski definition) is 3. The van der Waals surface area contributed by atoms with Gasteiger partial charge in [-0.3, -0.25) is 9.78 Å². The minimum atomic E-state index is -0.691. The van der Waals surface area contributed by atoms with E-state index in [9.17, 15) is 14.3 Å². The van der Waals surface area contributed by atoms with Gasteiger partial charge in [0, 0.05) is 6.04 Å². The lowest BCUT2D eigenvalue weighted by atomic mass is 9.79. The van der Waals surface area contributed by atoms with Gasteiger partial charge in [0.2, 0.25) is 0 Å². The molecule has 2 N–H and O–H groups in total. The molecule has 3 unspecified atom stereocenters. The number of halogens is 1. The molecule has 5 heteroatoms. The summed E-state index contributed by atoms with van der Waals surface area (Å²) in [7, 11) is 0. The van der Waals surface area contributed by atoms with E-state index in [0.29, 0.717) is 6.54 Å². The van der Waals surface area contributed by atoms with Crippen LogP contribution in [0.5, 0.6) is 0 Å². The fraction of sp³-hybridized carbons (Fsp3) is 0.600. The van der Waals surface area contributed by atoms with Crippen LogP contribution < -0.4 is 5.32 Å². The Kier molecular flexibility index (Phi) is 5.06. The van der Waals surface area contributed by atoms with Crippen LogP contribution in [0.2, 0.25) is 0 Å². The maximum absolute atomic E-state index is 12.8. The van der Waals surface area contributed by atoms with Crippen LogP contribution in [-0.4, -0.2) is 22.6 Å². The Hall–Kier alpha value is -1.49. The van der Waals surface area contributed by atoms with Gasteiger partial charge in [0.05, 0.1) is 17.8 Å². The number of aliphatic carboxylic acids is 1. The molecule has 1 aromatic heterocycles. The predicted molar refractivity (Wildman–Crippen MR) is 73.7 cm³/mol. The Balaban J connectivity index is 1.90. The van der Waals surface area contributed by atoms with Crippen LogP contribution in [0, 0.1) is 17.7 Å². The second-order valence-electron chi connectivity index (χ2n) is 5.52. The summed E-state index contributed by atoms with van der Waals surface area (Å²) in [6, 6.07) is 3.04.